The molecule has 2 atom stereocenters. The Kier molecular flexibility index (Phi) is 2.49. The summed E-state index contributed by atoms with van der Waals surface area (Å²) in [5.74, 6) is -0.351. The molecule has 0 bridgehead atoms. The molecular weight excluding hydrogens is 192 g/mol. The van der Waals surface area contributed by atoms with Gasteiger partial charge < -0.3 is 9.47 Å². The van der Waals surface area contributed by atoms with Crippen molar-refractivity contribution in [3.8, 4) is 0 Å². The lowest BCUT2D eigenvalue weighted by atomic mass is 10.1. The molecule has 0 spiro atoms. The van der Waals surface area contributed by atoms with Crippen LogP contribution in [0.1, 0.15) is 12.0 Å². The van der Waals surface area contributed by atoms with Crippen LogP contribution in [0.15, 0.2) is 30.3 Å². The highest BCUT2D eigenvalue weighted by Gasteiger charge is 2.61. The molecule has 1 aromatic carbocycles. The van der Waals surface area contributed by atoms with Crippen LogP contribution in [-0.4, -0.2) is 20.2 Å². The van der Waals surface area contributed by atoms with Crippen LogP contribution in [0.2, 0.25) is 0 Å². The summed E-state index contributed by atoms with van der Waals surface area (Å²) in [6.07, 6.45) is 0.709. The largest absolute Gasteiger partial charge is 0.469 e. The fourth-order valence-corrected chi connectivity index (χ4v) is 2.04. The first-order valence-corrected chi connectivity index (χ1v) is 4.93. The van der Waals surface area contributed by atoms with E-state index >= 15 is 0 Å². The average Bonchev–Trinajstić information content (AvgIpc) is 3.05. The zero-order valence-corrected chi connectivity index (χ0v) is 8.90. The van der Waals surface area contributed by atoms with E-state index in [0.29, 0.717) is 6.42 Å². The lowest BCUT2D eigenvalue weighted by Crippen LogP contribution is -2.18. The van der Waals surface area contributed by atoms with E-state index in [1.807, 2.05) is 30.3 Å². The molecule has 1 saturated carbocycles. The van der Waals surface area contributed by atoms with Gasteiger partial charge in [-0.3, -0.25) is 4.79 Å². The molecule has 0 radical (unpaired) electrons. The van der Waals surface area contributed by atoms with Gasteiger partial charge in [-0.2, -0.15) is 0 Å². The molecule has 1 aliphatic carbocycles. The van der Waals surface area contributed by atoms with Crippen molar-refractivity contribution in [3.63, 3.8) is 0 Å². The minimum absolute atomic E-state index is 0.158. The summed E-state index contributed by atoms with van der Waals surface area (Å²) in [7, 11) is 3.04. The van der Waals surface area contributed by atoms with Crippen LogP contribution in [-0.2, 0) is 19.9 Å². The Bertz CT molecular complexity index is 360. The molecule has 2 rings (SSSR count). The van der Waals surface area contributed by atoms with Gasteiger partial charge in [0.15, 0.2) is 0 Å². The highest BCUT2D eigenvalue weighted by Crippen LogP contribution is 2.55. The van der Waals surface area contributed by atoms with Gasteiger partial charge in [0.1, 0.15) is 5.60 Å². The molecule has 0 saturated heterocycles. The van der Waals surface area contributed by atoms with Gasteiger partial charge in [-0.05, 0) is 12.0 Å². The maximum atomic E-state index is 11.4. The van der Waals surface area contributed by atoms with E-state index < -0.39 is 5.60 Å². The fraction of sp³-hybridized carbons (Fsp3) is 0.417. The Morgan fingerprint density at radius 2 is 2.00 bits per heavy atom. The Hall–Kier alpha value is -1.35. The summed E-state index contributed by atoms with van der Waals surface area (Å²) in [5, 5.41) is 0. The molecule has 0 N–H and O–H groups in total. The zero-order chi connectivity index (χ0) is 10.9. The third-order valence-corrected chi connectivity index (χ3v) is 3.02. The van der Waals surface area contributed by atoms with E-state index in [2.05, 4.69) is 0 Å². The molecule has 3 nitrogen and oxygen atoms in total. The Labute approximate surface area is 89.0 Å². The van der Waals surface area contributed by atoms with Gasteiger partial charge in [0.05, 0.1) is 13.0 Å². The van der Waals surface area contributed by atoms with E-state index in [-0.39, 0.29) is 11.9 Å². The van der Waals surface area contributed by atoms with Crippen molar-refractivity contribution in [3.05, 3.63) is 35.9 Å². The Morgan fingerprint density at radius 3 is 2.53 bits per heavy atom. The molecule has 80 valence electrons. The Morgan fingerprint density at radius 1 is 1.33 bits per heavy atom. The molecule has 2 unspecified atom stereocenters. The van der Waals surface area contributed by atoms with Gasteiger partial charge >= 0.3 is 5.97 Å². The van der Waals surface area contributed by atoms with Crippen molar-refractivity contribution in [1.82, 2.24) is 0 Å². The second-order valence-corrected chi connectivity index (χ2v) is 3.74. The molecule has 15 heavy (non-hydrogen) atoms. The van der Waals surface area contributed by atoms with Crippen LogP contribution in [0.3, 0.4) is 0 Å². The number of methoxy groups -OCH3 is 2. The lowest BCUT2D eigenvalue weighted by molar-refractivity contribution is -0.144. The third kappa shape index (κ3) is 1.53. The summed E-state index contributed by atoms with van der Waals surface area (Å²) in [6, 6.07) is 9.80. The highest BCUT2D eigenvalue weighted by atomic mass is 16.5. The Balaban J connectivity index is 2.24. The van der Waals surface area contributed by atoms with Crippen molar-refractivity contribution in [2.75, 3.05) is 14.2 Å². The highest BCUT2D eigenvalue weighted by molar-refractivity contribution is 5.78. The summed E-state index contributed by atoms with van der Waals surface area (Å²) < 4.78 is 10.2. The van der Waals surface area contributed by atoms with Gasteiger partial charge in [-0.25, -0.2) is 0 Å². The number of ether oxygens (including phenoxy) is 2. The predicted molar refractivity (Wildman–Crippen MR) is 55.3 cm³/mol. The average molecular weight is 206 g/mol. The fourth-order valence-electron chi connectivity index (χ4n) is 2.04. The van der Waals surface area contributed by atoms with Gasteiger partial charge in [0.2, 0.25) is 0 Å². The van der Waals surface area contributed by atoms with Crippen molar-refractivity contribution in [2.24, 2.45) is 5.92 Å². The molecular formula is C12H14O3. The SMILES string of the molecule is COC(=O)C1CC1(OC)c1ccccc1. The van der Waals surface area contributed by atoms with Crippen LogP contribution in [0, 0.1) is 5.92 Å². The van der Waals surface area contributed by atoms with Crippen LogP contribution in [0.25, 0.3) is 0 Å². The molecule has 1 aromatic rings. The van der Waals surface area contributed by atoms with Gasteiger partial charge in [-0.15, -0.1) is 0 Å². The summed E-state index contributed by atoms with van der Waals surface area (Å²) in [4.78, 5) is 11.4. The van der Waals surface area contributed by atoms with Crippen LogP contribution in [0.5, 0.6) is 0 Å². The minimum atomic E-state index is -0.450. The van der Waals surface area contributed by atoms with Crippen LogP contribution < -0.4 is 0 Å². The van der Waals surface area contributed by atoms with Gasteiger partial charge in [0, 0.05) is 7.11 Å². The summed E-state index contributed by atoms with van der Waals surface area (Å²) >= 11 is 0. The maximum Gasteiger partial charge on any atom is 0.312 e. The lowest BCUT2D eigenvalue weighted by Gasteiger charge is -2.15. The summed E-state index contributed by atoms with van der Waals surface area (Å²) in [5.41, 5.74) is 0.594. The van der Waals surface area contributed by atoms with Gasteiger partial charge in [0.25, 0.3) is 0 Å². The number of hydrogen-bond donors (Lipinski definition) is 0. The van der Waals surface area contributed by atoms with Gasteiger partial charge in [-0.1, -0.05) is 30.3 Å². The molecule has 1 fully saturated rings. The van der Waals surface area contributed by atoms with E-state index in [1.165, 1.54) is 7.11 Å². The first kappa shape index (κ1) is 10.2. The molecule has 3 heteroatoms. The first-order valence-electron chi connectivity index (χ1n) is 4.93. The smallest absolute Gasteiger partial charge is 0.312 e. The van der Waals surface area contributed by atoms with Crippen molar-refractivity contribution in [1.29, 1.82) is 0 Å². The normalized spacial score (nSPS) is 28.5. The number of esters is 1. The third-order valence-electron chi connectivity index (χ3n) is 3.02. The van der Waals surface area contributed by atoms with E-state index in [1.54, 1.807) is 7.11 Å². The van der Waals surface area contributed by atoms with Crippen molar-refractivity contribution in [2.45, 2.75) is 12.0 Å². The van der Waals surface area contributed by atoms with Crippen LogP contribution in [0.4, 0.5) is 0 Å². The minimum Gasteiger partial charge on any atom is -0.469 e. The number of hydrogen-bond acceptors (Lipinski definition) is 3. The molecule has 0 amide bonds. The number of benzene rings is 1. The maximum absolute atomic E-state index is 11.4. The molecule has 1 aliphatic rings. The van der Waals surface area contributed by atoms with E-state index in [0.717, 1.165) is 5.56 Å². The standard InChI is InChI=1S/C12H14O3/c1-14-11(13)10-8-12(10,15-2)9-6-4-3-5-7-9/h3-7,10H,8H2,1-2H3. The van der Waals surface area contributed by atoms with E-state index in [9.17, 15) is 4.79 Å². The predicted octanol–water partition coefficient (Wildman–Crippen LogP) is 1.72. The molecule has 0 heterocycles. The summed E-state index contributed by atoms with van der Waals surface area (Å²) in [6.45, 7) is 0. The van der Waals surface area contributed by atoms with E-state index in [4.69, 9.17) is 9.47 Å². The first-order chi connectivity index (χ1) is 7.24. The zero-order valence-electron chi connectivity index (χ0n) is 8.90. The van der Waals surface area contributed by atoms with Crippen molar-refractivity contribution < 1.29 is 14.3 Å². The monoisotopic (exact) mass is 206 g/mol. The van der Waals surface area contributed by atoms with Crippen LogP contribution >= 0.6 is 0 Å². The quantitative estimate of drug-likeness (QED) is 0.706. The second kappa shape index (κ2) is 3.66. The number of carbonyl (C=O) groups is 1. The van der Waals surface area contributed by atoms with Crippen molar-refractivity contribution >= 4 is 5.97 Å². The topological polar surface area (TPSA) is 35.5 Å². The molecule has 0 aromatic heterocycles. The number of carbonyl (C=O) groups excluding carboxylic acids is 1. The number of rotatable bonds is 3. The molecule has 0 aliphatic heterocycles. The second-order valence-electron chi connectivity index (χ2n) is 3.74.